The predicted octanol–water partition coefficient (Wildman–Crippen LogP) is 3.09. The van der Waals surface area contributed by atoms with Crippen LogP contribution in [0.2, 0.25) is 0 Å². The van der Waals surface area contributed by atoms with Crippen LogP contribution in [0.25, 0.3) is 0 Å². The number of piperidine rings is 1. The van der Waals surface area contributed by atoms with Crippen molar-refractivity contribution in [2.24, 2.45) is 11.8 Å². The Bertz CT molecular complexity index is 897. The first-order chi connectivity index (χ1) is 15.8. The molecule has 0 spiro atoms. The number of rotatable bonds is 6. The van der Waals surface area contributed by atoms with Gasteiger partial charge in [-0.2, -0.15) is 0 Å². The number of carbonyl (C=O) groups excluding carboxylic acids is 1. The van der Waals surface area contributed by atoms with Crippen molar-refractivity contribution in [2.75, 3.05) is 55.7 Å². The molecule has 1 aliphatic carbocycles. The normalized spacial score (nSPS) is 23.8. The lowest BCUT2D eigenvalue weighted by Crippen LogP contribution is -2.68. The molecule has 1 unspecified atom stereocenters. The molecular weight excluding hydrogens is 436 g/mol. The number of benzene rings is 1. The Labute approximate surface area is 199 Å². The summed E-state index contributed by atoms with van der Waals surface area (Å²) < 4.78 is 27.5. The third-order valence-corrected chi connectivity index (χ3v) is 10.1. The van der Waals surface area contributed by atoms with Gasteiger partial charge in [0.1, 0.15) is 4.87 Å². The molecule has 2 N–H and O–H groups in total. The van der Waals surface area contributed by atoms with E-state index < -0.39 is 14.7 Å². The van der Waals surface area contributed by atoms with Crippen molar-refractivity contribution < 1.29 is 13.2 Å². The van der Waals surface area contributed by atoms with Crippen molar-refractivity contribution in [1.82, 2.24) is 10.2 Å². The second-order valence-electron chi connectivity index (χ2n) is 10.1. The average molecular weight is 477 g/mol. The van der Waals surface area contributed by atoms with E-state index >= 15 is 0 Å². The summed E-state index contributed by atoms with van der Waals surface area (Å²) in [6, 6.07) is 7.94. The fraction of sp³-hybridized carbons (Fsp3) is 0.720. The topological polar surface area (TPSA) is 81.8 Å². The van der Waals surface area contributed by atoms with Gasteiger partial charge in [-0.3, -0.25) is 9.69 Å². The van der Waals surface area contributed by atoms with Crippen LogP contribution in [0.1, 0.15) is 51.9 Å². The molecule has 2 aliphatic heterocycles. The molecule has 2 saturated heterocycles. The van der Waals surface area contributed by atoms with Crippen molar-refractivity contribution in [3.8, 4) is 0 Å². The largest absolute Gasteiger partial charge is 0.369 e. The summed E-state index contributed by atoms with van der Waals surface area (Å²) in [5, 5.41) is 6.30. The number of carbonyl (C=O) groups is 1. The van der Waals surface area contributed by atoms with Crippen LogP contribution in [0.3, 0.4) is 0 Å². The maximum absolute atomic E-state index is 13.7. The number of piperazine rings is 1. The molecule has 1 aromatic carbocycles. The highest BCUT2D eigenvalue weighted by atomic mass is 32.2. The van der Waals surface area contributed by atoms with Crippen molar-refractivity contribution in [1.29, 1.82) is 0 Å². The van der Waals surface area contributed by atoms with Crippen molar-refractivity contribution in [3.05, 3.63) is 24.3 Å². The van der Waals surface area contributed by atoms with Gasteiger partial charge in [0.05, 0.1) is 0 Å². The van der Waals surface area contributed by atoms with Crippen LogP contribution in [-0.4, -0.2) is 69.6 Å². The molecule has 0 bridgehead atoms. The van der Waals surface area contributed by atoms with Gasteiger partial charge in [0.2, 0.25) is 5.91 Å². The Balaban J connectivity index is 1.59. The zero-order valence-electron chi connectivity index (χ0n) is 20.2. The number of anilines is 2. The van der Waals surface area contributed by atoms with Crippen LogP contribution < -0.4 is 15.5 Å². The highest BCUT2D eigenvalue weighted by Crippen LogP contribution is 2.48. The Morgan fingerprint density at radius 2 is 1.64 bits per heavy atom. The minimum absolute atomic E-state index is 0.0793. The molecule has 2 heterocycles. The summed E-state index contributed by atoms with van der Waals surface area (Å²) in [4.78, 5) is 15.4. The van der Waals surface area contributed by atoms with E-state index in [1.807, 2.05) is 18.2 Å². The second-order valence-corrected chi connectivity index (χ2v) is 12.3. The SMILES string of the molecule is CC(=O)Nc1cccc(N2CCN(C(C3CCCCC3)(C3CCNCC3)S(C)(=O)=O)CC2)c1. The first-order valence-corrected chi connectivity index (χ1v) is 14.5. The molecule has 184 valence electrons. The number of sulfone groups is 1. The maximum atomic E-state index is 13.7. The third kappa shape index (κ3) is 5.08. The summed E-state index contributed by atoms with van der Waals surface area (Å²) in [6.45, 7) is 6.41. The van der Waals surface area contributed by atoms with Crippen LogP contribution in [0.15, 0.2) is 24.3 Å². The molecule has 3 fully saturated rings. The van der Waals surface area contributed by atoms with Gasteiger partial charge >= 0.3 is 0 Å². The zero-order chi connectivity index (χ0) is 23.5. The highest BCUT2D eigenvalue weighted by Gasteiger charge is 2.57. The van der Waals surface area contributed by atoms with E-state index in [-0.39, 0.29) is 17.7 Å². The quantitative estimate of drug-likeness (QED) is 0.657. The van der Waals surface area contributed by atoms with Gasteiger partial charge in [0.25, 0.3) is 0 Å². The summed E-state index contributed by atoms with van der Waals surface area (Å²) in [6.07, 6.45) is 8.93. The average Bonchev–Trinajstić information content (AvgIpc) is 2.80. The molecule has 7 nitrogen and oxygen atoms in total. The van der Waals surface area contributed by atoms with Crippen molar-refractivity contribution in [2.45, 2.75) is 56.7 Å². The smallest absolute Gasteiger partial charge is 0.221 e. The van der Waals surface area contributed by atoms with Gasteiger partial charge in [0.15, 0.2) is 9.84 Å². The molecule has 0 aromatic heterocycles. The third-order valence-electron chi connectivity index (χ3n) is 8.01. The number of amides is 1. The van der Waals surface area contributed by atoms with Gasteiger partial charge in [-0.25, -0.2) is 8.42 Å². The lowest BCUT2D eigenvalue weighted by Gasteiger charge is -2.55. The Morgan fingerprint density at radius 3 is 2.24 bits per heavy atom. The van der Waals surface area contributed by atoms with Crippen LogP contribution >= 0.6 is 0 Å². The standard InChI is InChI=1S/C25H40N4O3S/c1-20(30)27-23-9-6-10-24(19-23)28-15-17-29(18-16-28)25(33(2,31)32,21-7-4-3-5-8-21)22-11-13-26-14-12-22/h6,9-10,19,21-22,26H,3-5,7-8,11-18H2,1-2H3,(H,27,30). The number of nitrogens with zero attached hydrogens (tertiary/aromatic N) is 2. The summed E-state index contributed by atoms with van der Waals surface area (Å²) in [5.74, 6) is 0.329. The van der Waals surface area contributed by atoms with Crippen LogP contribution in [0.4, 0.5) is 11.4 Å². The molecule has 1 amide bonds. The fourth-order valence-corrected chi connectivity index (χ4v) is 9.07. The predicted molar refractivity (Wildman–Crippen MR) is 134 cm³/mol. The number of nitrogens with one attached hydrogen (secondary N) is 2. The minimum Gasteiger partial charge on any atom is -0.369 e. The molecule has 3 aliphatic rings. The monoisotopic (exact) mass is 476 g/mol. The Morgan fingerprint density at radius 1 is 1.00 bits per heavy atom. The highest BCUT2D eigenvalue weighted by molar-refractivity contribution is 7.92. The molecule has 0 radical (unpaired) electrons. The second kappa shape index (κ2) is 10.3. The van der Waals surface area contributed by atoms with Crippen LogP contribution in [0, 0.1) is 11.8 Å². The molecule has 4 rings (SSSR count). The van der Waals surface area contributed by atoms with Gasteiger partial charge in [-0.05, 0) is 68.8 Å². The molecule has 8 heteroatoms. The van der Waals surface area contributed by atoms with Crippen LogP contribution in [-0.2, 0) is 14.6 Å². The van der Waals surface area contributed by atoms with E-state index in [9.17, 15) is 13.2 Å². The van der Waals surface area contributed by atoms with Crippen molar-refractivity contribution in [3.63, 3.8) is 0 Å². The van der Waals surface area contributed by atoms with E-state index in [0.717, 1.165) is 89.2 Å². The van der Waals surface area contributed by atoms with Gasteiger partial charge in [-0.1, -0.05) is 25.3 Å². The molecular formula is C25H40N4O3S. The first-order valence-electron chi connectivity index (χ1n) is 12.6. The lowest BCUT2D eigenvalue weighted by molar-refractivity contribution is -0.114. The Hall–Kier alpha value is -1.64. The summed E-state index contributed by atoms with van der Waals surface area (Å²) in [5.41, 5.74) is 1.87. The van der Waals surface area contributed by atoms with E-state index in [0.29, 0.717) is 0 Å². The summed E-state index contributed by atoms with van der Waals surface area (Å²) in [7, 11) is -3.30. The van der Waals surface area contributed by atoms with E-state index in [2.05, 4.69) is 26.5 Å². The first kappa shape index (κ1) is 24.5. The Kier molecular flexibility index (Phi) is 7.66. The number of hydrogen-bond donors (Lipinski definition) is 2. The van der Waals surface area contributed by atoms with Crippen molar-refractivity contribution >= 4 is 27.1 Å². The molecule has 33 heavy (non-hydrogen) atoms. The van der Waals surface area contributed by atoms with E-state index in [4.69, 9.17) is 0 Å². The summed E-state index contributed by atoms with van der Waals surface area (Å²) >= 11 is 0. The lowest BCUT2D eigenvalue weighted by atomic mass is 9.74. The fourth-order valence-electron chi connectivity index (χ4n) is 6.74. The molecule has 1 aromatic rings. The van der Waals surface area contributed by atoms with E-state index in [1.54, 1.807) is 0 Å². The van der Waals surface area contributed by atoms with Gasteiger partial charge in [0, 0.05) is 50.7 Å². The molecule has 1 saturated carbocycles. The molecule has 1 atom stereocenters. The van der Waals surface area contributed by atoms with Crippen LogP contribution in [0.5, 0.6) is 0 Å². The van der Waals surface area contributed by atoms with E-state index in [1.165, 1.54) is 19.6 Å². The zero-order valence-corrected chi connectivity index (χ0v) is 21.0. The minimum atomic E-state index is -3.30. The van der Waals surface area contributed by atoms with Gasteiger partial charge < -0.3 is 15.5 Å². The number of hydrogen-bond acceptors (Lipinski definition) is 6. The van der Waals surface area contributed by atoms with Gasteiger partial charge in [-0.15, -0.1) is 0 Å². The maximum Gasteiger partial charge on any atom is 0.221 e.